The van der Waals surface area contributed by atoms with Gasteiger partial charge < -0.3 is 13.9 Å². The first-order chi connectivity index (χ1) is 12.6. The monoisotopic (exact) mass is 347 g/mol. The molecule has 1 N–H and O–H groups in total. The van der Waals surface area contributed by atoms with Gasteiger partial charge in [0.25, 0.3) is 5.56 Å². The second-order valence-electron chi connectivity index (χ2n) is 6.09. The molecule has 0 aliphatic heterocycles. The van der Waals surface area contributed by atoms with Crippen molar-refractivity contribution in [2.24, 2.45) is 0 Å². The Bertz CT molecular complexity index is 1340. The van der Waals surface area contributed by atoms with Gasteiger partial charge in [-0.05, 0) is 37.6 Å². The molecule has 5 rings (SSSR count). The first kappa shape index (κ1) is 14.6. The van der Waals surface area contributed by atoms with Crippen LogP contribution in [-0.4, -0.2) is 24.7 Å². The SMILES string of the molecule is Cc1cnc(-c2cnn3c(=O)cc(-c4ccc5onc(C)c5c4)[nH]c23)o1. The van der Waals surface area contributed by atoms with Crippen molar-refractivity contribution in [1.82, 2.24) is 24.7 Å². The Morgan fingerprint density at radius 2 is 2.04 bits per heavy atom. The molecule has 26 heavy (non-hydrogen) atoms. The fraction of sp³-hybridized carbons (Fsp3) is 0.111. The van der Waals surface area contributed by atoms with Crippen molar-refractivity contribution in [1.29, 1.82) is 0 Å². The number of fused-ring (bicyclic) bond motifs is 2. The summed E-state index contributed by atoms with van der Waals surface area (Å²) in [5, 5.41) is 9.01. The first-order valence-electron chi connectivity index (χ1n) is 8.00. The molecular weight excluding hydrogens is 334 g/mol. The lowest BCUT2D eigenvalue weighted by atomic mass is 10.1. The number of aryl methyl sites for hydroxylation is 2. The Balaban J connectivity index is 1.75. The molecule has 0 unspecified atom stereocenters. The third-order valence-corrected chi connectivity index (χ3v) is 4.31. The lowest BCUT2D eigenvalue weighted by Crippen LogP contribution is -2.14. The van der Waals surface area contributed by atoms with E-state index in [1.165, 1.54) is 10.6 Å². The molecule has 0 saturated carbocycles. The summed E-state index contributed by atoms with van der Waals surface area (Å²) in [7, 11) is 0. The largest absolute Gasteiger partial charge is 0.441 e. The van der Waals surface area contributed by atoms with Gasteiger partial charge in [0.05, 0.1) is 23.8 Å². The third kappa shape index (κ3) is 2.08. The van der Waals surface area contributed by atoms with Gasteiger partial charge in [0.15, 0.2) is 11.2 Å². The van der Waals surface area contributed by atoms with Crippen LogP contribution >= 0.6 is 0 Å². The summed E-state index contributed by atoms with van der Waals surface area (Å²) in [4.78, 5) is 20.0. The fourth-order valence-electron chi connectivity index (χ4n) is 3.00. The van der Waals surface area contributed by atoms with E-state index < -0.39 is 0 Å². The van der Waals surface area contributed by atoms with Crippen LogP contribution in [0.5, 0.6) is 0 Å². The van der Waals surface area contributed by atoms with E-state index in [-0.39, 0.29) is 5.56 Å². The highest BCUT2D eigenvalue weighted by molar-refractivity contribution is 5.85. The first-order valence-corrected chi connectivity index (χ1v) is 8.00. The molecule has 8 nitrogen and oxygen atoms in total. The molecule has 0 spiro atoms. The molecule has 0 fully saturated rings. The van der Waals surface area contributed by atoms with Crippen LogP contribution in [0, 0.1) is 13.8 Å². The van der Waals surface area contributed by atoms with Gasteiger partial charge in [0.2, 0.25) is 5.89 Å². The highest BCUT2D eigenvalue weighted by Crippen LogP contribution is 2.27. The molecule has 0 radical (unpaired) electrons. The zero-order valence-corrected chi connectivity index (χ0v) is 14.0. The standard InChI is InChI=1S/C18H13N5O3/c1-9-7-19-18(25-9)13-8-20-23-16(24)6-14(21-17(13)23)11-3-4-15-12(5-11)10(2)22-26-15/h3-8,21H,1-2H3. The van der Waals surface area contributed by atoms with Crippen molar-refractivity contribution in [2.75, 3.05) is 0 Å². The van der Waals surface area contributed by atoms with Crippen LogP contribution in [0.1, 0.15) is 11.5 Å². The van der Waals surface area contributed by atoms with Crippen LogP contribution in [0.2, 0.25) is 0 Å². The number of nitrogens with one attached hydrogen (secondary N) is 1. The van der Waals surface area contributed by atoms with Gasteiger partial charge in [-0.3, -0.25) is 4.79 Å². The molecule has 4 heterocycles. The lowest BCUT2D eigenvalue weighted by Gasteiger charge is -2.04. The zero-order chi connectivity index (χ0) is 17.8. The van der Waals surface area contributed by atoms with Crippen molar-refractivity contribution in [3.63, 3.8) is 0 Å². The summed E-state index contributed by atoms with van der Waals surface area (Å²) in [6.07, 6.45) is 3.19. The summed E-state index contributed by atoms with van der Waals surface area (Å²) in [6, 6.07) is 7.16. The molecular formula is C18H13N5O3. The Morgan fingerprint density at radius 3 is 2.85 bits per heavy atom. The highest BCUT2D eigenvalue weighted by atomic mass is 16.5. The summed E-state index contributed by atoms with van der Waals surface area (Å²) in [5.41, 5.74) is 3.91. The van der Waals surface area contributed by atoms with E-state index in [1.54, 1.807) is 12.4 Å². The molecule has 0 amide bonds. The van der Waals surface area contributed by atoms with Crippen LogP contribution in [-0.2, 0) is 0 Å². The van der Waals surface area contributed by atoms with Crippen LogP contribution in [0.3, 0.4) is 0 Å². The van der Waals surface area contributed by atoms with Crippen molar-refractivity contribution >= 4 is 16.6 Å². The number of nitrogens with zero attached hydrogens (tertiary/aromatic N) is 4. The Labute approximate surface area is 146 Å². The summed E-state index contributed by atoms with van der Waals surface area (Å²) in [6.45, 7) is 3.69. The maximum absolute atomic E-state index is 12.5. The Morgan fingerprint density at radius 1 is 1.15 bits per heavy atom. The number of aromatic nitrogens is 5. The molecule has 128 valence electrons. The molecule has 1 aromatic carbocycles. The summed E-state index contributed by atoms with van der Waals surface area (Å²) < 4.78 is 12.1. The number of rotatable bonds is 2. The van der Waals surface area contributed by atoms with Crippen molar-refractivity contribution in [2.45, 2.75) is 13.8 Å². The van der Waals surface area contributed by atoms with E-state index in [9.17, 15) is 4.79 Å². The maximum Gasteiger partial charge on any atom is 0.274 e. The molecule has 8 heteroatoms. The maximum atomic E-state index is 12.5. The van der Waals surface area contributed by atoms with E-state index in [2.05, 4.69) is 20.2 Å². The zero-order valence-electron chi connectivity index (χ0n) is 14.0. The van der Waals surface area contributed by atoms with Crippen molar-refractivity contribution < 1.29 is 8.94 Å². The van der Waals surface area contributed by atoms with Crippen LogP contribution in [0.25, 0.3) is 39.3 Å². The Kier molecular flexibility index (Phi) is 2.90. The van der Waals surface area contributed by atoms with Gasteiger partial charge in [-0.2, -0.15) is 9.61 Å². The highest BCUT2D eigenvalue weighted by Gasteiger charge is 2.15. The minimum absolute atomic E-state index is 0.245. The molecule has 0 saturated heterocycles. The summed E-state index contributed by atoms with van der Waals surface area (Å²) >= 11 is 0. The van der Waals surface area contributed by atoms with Crippen LogP contribution < -0.4 is 5.56 Å². The van der Waals surface area contributed by atoms with E-state index in [0.717, 1.165) is 16.6 Å². The van der Waals surface area contributed by atoms with E-state index >= 15 is 0 Å². The number of H-pyrrole nitrogens is 1. The summed E-state index contributed by atoms with van der Waals surface area (Å²) in [5.74, 6) is 1.10. The van der Waals surface area contributed by atoms with Gasteiger partial charge in [0.1, 0.15) is 11.3 Å². The number of benzene rings is 1. The molecule has 5 aromatic rings. The molecule has 0 aliphatic carbocycles. The predicted molar refractivity (Wildman–Crippen MR) is 93.8 cm³/mol. The van der Waals surface area contributed by atoms with Gasteiger partial charge >= 0.3 is 0 Å². The van der Waals surface area contributed by atoms with Gasteiger partial charge in [-0.25, -0.2) is 4.98 Å². The quantitative estimate of drug-likeness (QED) is 0.526. The number of aromatic amines is 1. The minimum Gasteiger partial charge on any atom is -0.441 e. The second kappa shape index (κ2) is 5.16. The fourth-order valence-corrected chi connectivity index (χ4v) is 3.00. The topological polar surface area (TPSA) is 102 Å². The third-order valence-electron chi connectivity index (χ3n) is 4.31. The van der Waals surface area contributed by atoms with E-state index in [1.807, 2.05) is 32.0 Å². The minimum atomic E-state index is -0.245. The van der Waals surface area contributed by atoms with Crippen molar-refractivity contribution in [3.8, 4) is 22.7 Å². The van der Waals surface area contributed by atoms with Gasteiger partial charge in [0, 0.05) is 11.5 Å². The number of oxazole rings is 1. The lowest BCUT2D eigenvalue weighted by molar-refractivity contribution is 0.450. The Hall–Kier alpha value is -3.68. The second-order valence-corrected chi connectivity index (χ2v) is 6.09. The molecule has 4 aromatic heterocycles. The van der Waals surface area contributed by atoms with E-state index in [4.69, 9.17) is 8.94 Å². The molecule has 0 bridgehead atoms. The van der Waals surface area contributed by atoms with E-state index in [0.29, 0.717) is 34.1 Å². The predicted octanol–water partition coefficient (Wildman–Crippen LogP) is 3.10. The average molecular weight is 347 g/mol. The normalized spacial score (nSPS) is 11.6. The molecule has 0 atom stereocenters. The number of hydrogen-bond acceptors (Lipinski definition) is 6. The van der Waals surface area contributed by atoms with Crippen LogP contribution in [0.15, 0.2) is 50.4 Å². The van der Waals surface area contributed by atoms with Crippen LogP contribution in [0.4, 0.5) is 0 Å². The molecule has 0 aliphatic rings. The van der Waals surface area contributed by atoms with Gasteiger partial charge in [-0.1, -0.05) is 5.16 Å². The van der Waals surface area contributed by atoms with Gasteiger partial charge in [-0.15, -0.1) is 0 Å². The number of hydrogen-bond donors (Lipinski definition) is 1. The van der Waals surface area contributed by atoms with Crippen molar-refractivity contribution in [3.05, 3.63) is 58.5 Å². The smallest absolute Gasteiger partial charge is 0.274 e. The average Bonchev–Trinajstić information content (AvgIpc) is 3.33.